The molecule has 8 nitrogen and oxygen atoms in total. The van der Waals surface area contributed by atoms with E-state index in [1.165, 1.54) is 0 Å². The predicted octanol–water partition coefficient (Wildman–Crippen LogP) is 1.77. The molecule has 158 valence electrons. The molecule has 3 N–H and O–H groups in total. The monoisotopic (exact) mass is 402 g/mol. The van der Waals surface area contributed by atoms with Crippen LogP contribution < -0.4 is 15.5 Å². The Hall–Kier alpha value is -2.61. The minimum absolute atomic E-state index is 0.00250. The van der Waals surface area contributed by atoms with Gasteiger partial charge in [-0.15, -0.1) is 0 Å². The van der Waals surface area contributed by atoms with E-state index >= 15 is 0 Å². The Morgan fingerprint density at radius 3 is 2.38 bits per heavy atom. The highest BCUT2D eigenvalue weighted by atomic mass is 16.4. The largest absolute Gasteiger partial charge is 0.478 e. The maximum Gasteiger partial charge on any atom is 0.337 e. The first-order valence-corrected chi connectivity index (χ1v) is 10.3. The van der Waals surface area contributed by atoms with Gasteiger partial charge in [0.05, 0.1) is 17.8 Å². The molecule has 1 heterocycles. The zero-order valence-electron chi connectivity index (χ0n) is 17.1. The van der Waals surface area contributed by atoms with Gasteiger partial charge in [0.15, 0.2) is 0 Å². The maximum absolute atomic E-state index is 12.2. The van der Waals surface area contributed by atoms with Crippen LogP contribution in [0.2, 0.25) is 0 Å². The first-order valence-electron chi connectivity index (χ1n) is 10.3. The van der Waals surface area contributed by atoms with Crippen LogP contribution in [0.4, 0.5) is 11.4 Å². The van der Waals surface area contributed by atoms with Crippen molar-refractivity contribution >= 4 is 29.2 Å². The van der Waals surface area contributed by atoms with Gasteiger partial charge in [-0.2, -0.15) is 0 Å². The fourth-order valence-corrected chi connectivity index (χ4v) is 3.65. The molecule has 3 rings (SSSR count). The molecule has 0 atom stereocenters. The average Bonchev–Trinajstić information content (AvgIpc) is 2.60. The van der Waals surface area contributed by atoms with Gasteiger partial charge in [0.1, 0.15) is 0 Å². The van der Waals surface area contributed by atoms with Crippen LogP contribution in [-0.4, -0.2) is 66.6 Å². The molecular weight excluding hydrogens is 372 g/mol. The number of nitrogens with zero attached hydrogens (tertiary/aromatic N) is 2. The van der Waals surface area contributed by atoms with Gasteiger partial charge >= 0.3 is 5.97 Å². The third-order valence-electron chi connectivity index (χ3n) is 5.52. The van der Waals surface area contributed by atoms with Crippen LogP contribution in [0.1, 0.15) is 43.5 Å². The summed E-state index contributed by atoms with van der Waals surface area (Å²) in [5, 5.41) is 15.3. The number of aromatic carboxylic acids is 1. The van der Waals surface area contributed by atoms with Crippen LogP contribution in [0, 0.1) is 5.92 Å². The summed E-state index contributed by atoms with van der Waals surface area (Å²) in [6, 6.07) is 5.28. The lowest BCUT2D eigenvalue weighted by Crippen LogP contribution is -2.50. The summed E-state index contributed by atoms with van der Waals surface area (Å²) in [4.78, 5) is 40.1. The number of benzene rings is 1. The van der Waals surface area contributed by atoms with Crippen LogP contribution in [0.3, 0.4) is 0 Å². The molecular formula is C21H30N4O4. The Kier molecular flexibility index (Phi) is 6.74. The Balaban J connectivity index is 1.61. The highest BCUT2D eigenvalue weighted by molar-refractivity contribution is 6.02. The number of hydrogen-bond acceptors (Lipinski definition) is 5. The molecule has 0 spiro atoms. The molecule has 1 aliphatic carbocycles. The number of piperazine rings is 1. The fourth-order valence-electron chi connectivity index (χ4n) is 3.65. The average molecular weight is 402 g/mol. The van der Waals surface area contributed by atoms with Crippen LogP contribution >= 0.6 is 0 Å². The van der Waals surface area contributed by atoms with E-state index in [1.54, 1.807) is 12.1 Å². The molecule has 2 fully saturated rings. The number of anilines is 2. The molecule has 8 heteroatoms. The summed E-state index contributed by atoms with van der Waals surface area (Å²) in [6.45, 7) is 7.13. The molecule has 0 bridgehead atoms. The van der Waals surface area contributed by atoms with Gasteiger partial charge in [0.25, 0.3) is 0 Å². The van der Waals surface area contributed by atoms with Gasteiger partial charge in [0.2, 0.25) is 11.8 Å². The fraction of sp³-hybridized carbons (Fsp3) is 0.571. The molecule has 1 aromatic carbocycles. The van der Waals surface area contributed by atoms with Gasteiger partial charge < -0.3 is 20.6 Å². The van der Waals surface area contributed by atoms with Crippen LogP contribution in [0.5, 0.6) is 0 Å². The quantitative estimate of drug-likeness (QED) is 0.643. The SMILES string of the molecule is CC(C)NC(=O)CN1CCN(c2ccc(NC(=O)C3CCC3)c(C(=O)O)c2)CC1. The minimum Gasteiger partial charge on any atom is -0.478 e. The lowest BCUT2D eigenvalue weighted by Gasteiger charge is -2.36. The van der Waals surface area contributed by atoms with Gasteiger partial charge in [-0.25, -0.2) is 4.79 Å². The van der Waals surface area contributed by atoms with Crippen molar-refractivity contribution < 1.29 is 19.5 Å². The number of nitrogens with one attached hydrogen (secondary N) is 2. The standard InChI is InChI=1S/C21H30N4O4/c1-14(2)22-19(26)13-24-8-10-25(11-9-24)16-6-7-18(17(12-16)21(28)29)23-20(27)15-4-3-5-15/h6-7,12,14-15H,3-5,8-11,13H2,1-2H3,(H,22,26)(H,23,27)(H,28,29). The zero-order chi connectivity index (χ0) is 21.0. The number of carboxylic acid groups (broad SMARTS) is 1. The zero-order valence-corrected chi connectivity index (χ0v) is 17.1. The molecule has 1 saturated heterocycles. The second-order valence-electron chi connectivity index (χ2n) is 8.14. The third-order valence-corrected chi connectivity index (χ3v) is 5.52. The maximum atomic E-state index is 12.2. The summed E-state index contributed by atoms with van der Waals surface area (Å²) < 4.78 is 0. The van der Waals surface area contributed by atoms with Gasteiger partial charge in [-0.05, 0) is 44.9 Å². The third kappa shape index (κ3) is 5.47. The van der Waals surface area contributed by atoms with Crippen LogP contribution in [0.25, 0.3) is 0 Å². The number of carbonyl (C=O) groups excluding carboxylic acids is 2. The van der Waals surface area contributed by atoms with E-state index in [0.29, 0.717) is 25.3 Å². The summed E-state index contributed by atoms with van der Waals surface area (Å²) in [5.74, 6) is -1.13. The van der Waals surface area contributed by atoms with Crippen molar-refractivity contribution in [3.05, 3.63) is 23.8 Å². The van der Waals surface area contributed by atoms with Crippen molar-refractivity contribution in [2.45, 2.75) is 39.2 Å². The summed E-state index contributed by atoms with van der Waals surface area (Å²) in [5.41, 5.74) is 1.27. The first-order chi connectivity index (χ1) is 13.8. The van der Waals surface area contributed by atoms with E-state index in [-0.39, 0.29) is 29.3 Å². The number of amides is 2. The Bertz CT molecular complexity index is 768. The van der Waals surface area contributed by atoms with E-state index in [9.17, 15) is 19.5 Å². The molecule has 0 aromatic heterocycles. The van der Waals surface area contributed by atoms with Crippen molar-refractivity contribution in [3.63, 3.8) is 0 Å². The summed E-state index contributed by atoms with van der Waals surface area (Å²) in [7, 11) is 0. The highest BCUT2D eigenvalue weighted by Crippen LogP contribution is 2.29. The van der Waals surface area contributed by atoms with Gasteiger partial charge in [0, 0.05) is 43.8 Å². The van der Waals surface area contributed by atoms with Crippen molar-refractivity contribution in [1.82, 2.24) is 10.2 Å². The molecule has 0 unspecified atom stereocenters. The molecule has 29 heavy (non-hydrogen) atoms. The van der Waals surface area contributed by atoms with E-state index in [4.69, 9.17) is 0 Å². The molecule has 2 amide bonds. The van der Waals surface area contributed by atoms with Crippen molar-refractivity contribution in [1.29, 1.82) is 0 Å². The molecule has 0 radical (unpaired) electrons. The van der Waals surface area contributed by atoms with Crippen molar-refractivity contribution in [2.75, 3.05) is 42.9 Å². The highest BCUT2D eigenvalue weighted by Gasteiger charge is 2.27. The predicted molar refractivity (Wildman–Crippen MR) is 111 cm³/mol. The van der Waals surface area contributed by atoms with Crippen LogP contribution in [-0.2, 0) is 9.59 Å². The number of hydrogen-bond donors (Lipinski definition) is 3. The molecule has 1 aliphatic heterocycles. The van der Waals surface area contributed by atoms with Gasteiger partial charge in [-0.1, -0.05) is 6.42 Å². The van der Waals surface area contributed by atoms with Crippen molar-refractivity contribution in [3.8, 4) is 0 Å². The number of rotatable bonds is 7. The lowest BCUT2D eigenvalue weighted by molar-refractivity contribution is -0.123. The van der Waals surface area contributed by atoms with E-state index in [2.05, 4.69) is 20.4 Å². The Labute approximate surface area is 171 Å². The second kappa shape index (κ2) is 9.26. The second-order valence-corrected chi connectivity index (χ2v) is 8.14. The smallest absolute Gasteiger partial charge is 0.337 e. The molecule has 1 saturated carbocycles. The van der Waals surface area contributed by atoms with Gasteiger partial charge in [-0.3, -0.25) is 14.5 Å². The van der Waals surface area contributed by atoms with E-state index in [1.807, 2.05) is 19.9 Å². The Morgan fingerprint density at radius 1 is 1.14 bits per heavy atom. The first kappa shape index (κ1) is 21.1. The lowest BCUT2D eigenvalue weighted by atomic mass is 9.85. The minimum atomic E-state index is -1.06. The number of carboxylic acids is 1. The van der Waals surface area contributed by atoms with E-state index in [0.717, 1.165) is 38.0 Å². The Morgan fingerprint density at radius 2 is 1.83 bits per heavy atom. The molecule has 2 aliphatic rings. The normalized spacial score (nSPS) is 17.7. The van der Waals surface area contributed by atoms with Crippen molar-refractivity contribution in [2.24, 2.45) is 5.92 Å². The summed E-state index contributed by atoms with van der Waals surface area (Å²) >= 11 is 0. The topological polar surface area (TPSA) is 102 Å². The summed E-state index contributed by atoms with van der Waals surface area (Å²) in [6.07, 6.45) is 2.78. The molecule has 1 aromatic rings. The van der Waals surface area contributed by atoms with Crippen LogP contribution in [0.15, 0.2) is 18.2 Å². The van der Waals surface area contributed by atoms with E-state index < -0.39 is 5.97 Å². The number of carbonyl (C=O) groups is 3.